The van der Waals surface area contributed by atoms with Crippen LogP contribution in [0, 0.1) is 0 Å². The molecule has 4 rings (SSSR count). The number of amides is 1. The van der Waals surface area contributed by atoms with Gasteiger partial charge in [-0.2, -0.15) is 0 Å². The van der Waals surface area contributed by atoms with Crippen LogP contribution < -0.4 is 5.32 Å². The molecule has 0 fully saturated rings. The van der Waals surface area contributed by atoms with Crippen LogP contribution in [0.1, 0.15) is 10.4 Å². The van der Waals surface area contributed by atoms with Crippen LogP contribution in [0.25, 0.3) is 21.5 Å². The molecule has 0 bridgehead atoms. The molecule has 2 N–H and O–H groups in total. The Bertz CT molecular complexity index is 960. The summed E-state index contributed by atoms with van der Waals surface area (Å²) in [6, 6.07) is 13.0. The maximum atomic E-state index is 12.3. The van der Waals surface area contributed by atoms with Crippen LogP contribution in [0.2, 0.25) is 0 Å². The molecular formula is C16H11N5OS. The number of anilines is 1. The second kappa shape index (κ2) is 5.62. The number of nitrogens with one attached hydrogen (secondary N) is 2. The third-order valence-electron chi connectivity index (χ3n) is 3.47. The second-order valence-corrected chi connectivity index (χ2v) is 5.73. The minimum absolute atomic E-state index is 0.159. The van der Waals surface area contributed by atoms with E-state index in [4.69, 9.17) is 0 Å². The van der Waals surface area contributed by atoms with Crippen molar-refractivity contribution in [3.63, 3.8) is 0 Å². The average molecular weight is 321 g/mol. The summed E-state index contributed by atoms with van der Waals surface area (Å²) < 4.78 is 3.84. The fourth-order valence-electron chi connectivity index (χ4n) is 2.29. The van der Waals surface area contributed by atoms with E-state index in [2.05, 4.69) is 24.9 Å². The third kappa shape index (κ3) is 2.69. The number of carbonyl (C=O) groups is 1. The number of hydrogen-bond donors (Lipinski definition) is 2. The Morgan fingerprint density at radius 1 is 1.13 bits per heavy atom. The van der Waals surface area contributed by atoms with Crippen LogP contribution in [-0.2, 0) is 0 Å². The highest BCUT2D eigenvalue weighted by Crippen LogP contribution is 2.23. The molecule has 0 atom stereocenters. The van der Waals surface area contributed by atoms with E-state index < -0.39 is 0 Å². The lowest BCUT2D eigenvalue weighted by molar-refractivity contribution is 0.102. The molecule has 4 aromatic rings. The number of imidazole rings is 1. The van der Waals surface area contributed by atoms with Crippen LogP contribution in [-0.4, -0.2) is 25.5 Å². The molecule has 0 aliphatic heterocycles. The van der Waals surface area contributed by atoms with Crippen molar-refractivity contribution < 1.29 is 4.79 Å². The summed E-state index contributed by atoms with van der Waals surface area (Å²) in [4.78, 5) is 20.5. The van der Waals surface area contributed by atoms with Gasteiger partial charge in [0.25, 0.3) is 5.91 Å². The van der Waals surface area contributed by atoms with Gasteiger partial charge in [0.2, 0.25) is 0 Å². The van der Waals surface area contributed by atoms with Gasteiger partial charge in [-0.25, -0.2) is 4.98 Å². The minimum Gasteiger partial charge on any atom is -0.345 e. The van der Waals surface area contributed by atoms with Crippen molar-refractivity contribution in [2.24, 2.45) is 0 Å². The molecule has 2 heterocycles. The molecular weight excluding hydrogens is 310 g/mol. The molecule has 0 unspecified atom stereocenters. The predicted octanol–water partition coefficient (Wildman–Crippen LogP) is 3.33. The molecule has 23 heavy (non-hydrogen) atoms. The summed E-state index contributed by atoms with van der Waals surface area (Å²) in [7, 11) is 0. The van der Waals surface area contributed by atoms with Gasteiger partial charge in [-0.1, -0.05) is 16.6 Å². The number of carbonyl (C=O) groups excluding carboxylic acids is 1. The molecule has 0 saturated carbocycles. The van der Waals surface area contributed by atoms with Crippen molar-refractivity contribution in [1.29, 1.82) is 0 Å². The quantitative estimate of drug-likeness (QED) is 0.606. The first-order chi connectivity index (χ1) is 11.3. The average Bonchev–Trinajstić information content (AvgIpc) is 3.26. The first kappa shape index (κ1) is 13.6. The number of aromatic nitrogens is 4. The molecule has 0 aliphatic rings. The van der Waals surface area contributed by atoms with Crippen molar-refractivity contribution >= 4 is 34.2 Å². The molecule has 2 aromatic carbocycles. The number of aromatic amines is 1. The summed E-state index contributed by atoms with van der Waals surface area (Å²) in [5.74, 6) is -0.159. The fraction of sp³-hybridized carbons (Fsp3) is 0. The number of benzene rings is 2. The van der Waals surface area contributed by atoms with Crippen LogP contribution >= 0.6 is 11.5 Å². The molecule has 0 saturated heterocycles. The first-order valence-corrected chi connectivity index (χ1v) is 7.69. The van der Waals surface area contributed by atoms with Crippen molar-refractivity contribution in [3.8, 4) is 10.4 Å². The maximum absolute atomic E-state index is 12.3. The Balaban J connectivity index is 1.53. The smallest absolute Gasteiger partial charge is 0.255 e. The largest absolute Gasteiger partial charge is 0.345 e. The number of H-pyrrole nitrogens is 1. The van der Waals surface area contributed by atoms with Gasteiger partial charge in [-0.3, -0.25) is 4.79 Å². The summed E-state index contributed by atoms with van der Waals surface area (Å²) in [6.07, 6.45) is 3.33. The molecule has 0 aliphatic carbocycles. The standard InChI is InChI=1S/C16H11N5OS/c22-16(11-3-6-13-14(7-11)18-9-17-13)20-12-4-1-10(2-5-12)15-8-19-21-23-15/h1-9H,(H,17,18)(H,20,22). The minimum atomic E-state index is -0.159. The summed E-state index contributed by atoms with van der Waals surface area (Å²) in [5, 5.41) is 6.71. The van der Waals surface area contributed by atoms with E-state index in [1.54, 1.807) is 24.7 Å². The van der Waals surface area contributed by atoms with E-state index in [1.807, 2.05) is 30.3 Å². The lowest BCUT2D eigenvalue weighted by Gasteiger charge is -2.06. The normalized spacial score (nSPS) is 10.8. The summed E-state index contributed by atoms with van der Waals surface area (Å²) >= 11 is 1.34. The lowest BCUT2D eigenvalue weighted by atomic mass is 10.1. The predicted molar refractivity (Wildman–Crippen MR) is 89.4 cm³/mol. The zero-order valence-electron chi connectivity index (χ0n) is 11.9. The van der Waals surface area contributed by atoms with Crippen LogP contribution in [0.4, 0.5) is 5.69 Å². The highest BCUT2D eigenvalue weighted by Gasteiger charge is 2.08. The van der Waals surface area contributed by atoms with E-state index in [-0.39, 0.29) is 5.91 Å². The van der Waals surface area contributed by atoms with Crippen LogP contribution in [0.5, 0.6) is 0 Å². The van der Waals surface area contributed by atoms with E-state index >= 15 is 0 Å². The number of fused-ring (bicyclic) bond motifs is 1. The van der Waals surface area contributed by atoms with E-state index in [1.165, 1.54) is 11.5 Å². The van der Waals surface area contributed by atoms with Gasteiger partial charge in [0.15, 0.2) is 0 Å². The van der Waals surface area contributed by atoms with Crippen molar-refractivity contribution in [1.82, 2.24) is 19.6 Å². The zero-order chi connectivity index (χ0) is 15.6. The van der Waals surface area contributed by atoms with Crippen LogP contribution in [0.15, 0.2) is 55.0 Å². The Labute approximate surface area is 135 Å². The van der Waals surface area contributed by atoms with E-state index in [9.17, 15) is 4.79 Å². The lowest BCUT2D eigenvalue weighted by Crippen LogP contribution is -2.11. The van der Waals surface area contributed by atoms with Gasteiger partial charge in [0.1, 0.15) is 0 Å². The SMILES string of the molecule is O=C(Nc1ccc(-c2cnns2)cc1)c1ccc2nc[nH]c2c1. The summed E-state index contributed by atoms with van der Waals surface area (Å²) in [5.41, 5.74) is 4.02. The third-order valence-corrected chi connectivity index (χ3v) is 4.18. The van der Waals surface area contributed by atoms with Gasteiger partial charge in [-0.15, -0.1) is 5.10 Å². The molecule has 2 aromatic heterocycles. The highest BCUT2D eigenvalue weighted by atomic mass is 32.1. The maximum Gasteiger partial charge on any atom is 0.255 e. The number of nitrogens with zero attached hydrogens (tertiary/aromatic N) is 3. The van der Waals surface area contributed by atoms with Gasteiger partial charge in [-0.05, 0) is 47.4 Å². The van der Waals surface area contributed by atoms with Crippen LogP contribution in [0.3, 0.4) is 0 Å². The Morgan fingerprint density at radius 3 is 2.78 bits per heavy atom. The van der Waals surface area contributed by atoms with Gasteiger partial charge in [0.05, 0.1) is 28.4 Å². The Morgan fingerprint density at radius 2 is 2.00 bits per heavy atom. The molecule has 7 heteroatoms. The zero-order valence-corrected chi connectivity index (χ0v) is 12.7. The van der Waals surface area contributed by atoms with Crippen molar-refractivity contribution in [3.05, 3.63) is 60.6 Å². The van der Waals surface area contributed by atoms with Gasteiger partial charge in [0, 0.05) is 11.3 Å². The highest BCUT2D eigenvalue weighted by molar-refractivity contribution is 7.09. The van der Waals surface area contributed by atoms with E-state index in [0.717, 1.165) is 27.2 Å². The van der Waals surface area contributed by atoms with E-state index in [0.29, 0.717) is 5.56 Å². The Kier molecular flexibility index (Phi) is 3.32. The monoisotopic (exact) mass is 321 g/mol. The van der Waals surface area contributed by atoms with Crippen molar-refractivity contribution in [2.45, 2.75) is 0 Å². The number of rotatable bonds is 3. The van der Waals surface area contributed by atoms with Crippen molar-refractivity contribution in [2.75, 3.05) is 5.32 Å². The van der Waals surface area contributed by atoms with Gasteiger partial charge < -0.3 is 10.3 Å². The summed E-state index contributed by atoms with van der Waals surface area (Å²) in [6.45, 7) is 0. The molecule has 112 valence electrons. The Hall–Kier alpha value is -3.06. The molecule has 0 radical (unpaired) electrons. The topological polar surface area (TPSA) is 83.6 Å². The molecule has 6 nitrogen and oxygen atoms in total. The number of hydrogen-bond acceptors (Lipinski definition) is 5. The second-order valence-electron chi connectivity index (χ2n) is 4.95. The molecule has 0 spiro atoms. The molecule has 1 amide bonds. The fourth-order valence-corrected chi connectivity index (χ4v) is 2.81. The van der Waals surface area contributed by atoms with Gasteiger partial charge >= 0.3 is 0 Å². The first-order valence-electron chi connectivity index (χ1n) is 6.92.